The van der Waals surface area contributed by atoms with Crippen LogP contribution in [0.2, 0.25) is 0 Å². The third kappa shape index (κ3) is 1.16. The lowest BCUT2D eigenvalue weighted by Gasteiger charge is -1.84. The van der Waals surface area contributed by atoms with E-state index in [1.165, 1.54) is 0 Å². The SMILES string of the molecule is O=Nc1cnc(N=O)cn1. The summed E-state index contributed by atoms with van der Waals surface area (Å²) < 4.78 is 0. The van der Waals surface area contributed by atoms with Crippen LogP contribution in [-0.4, -0.2) is 9.97 Å². The fourth-order valence-corrected chi connectivity index (χ4v) is 0.409. The van der Waals surface area contributed by atoms with Crippen LogP contribution in [0.15, 0.2) is 22.7 Å². The van der Waals surface area contributed by atoms with Gasteiger partial charge in [-0.1, -0.05) is 0 Å². The second-order valence-electron chi connectivity index (χ2n) is 1.42. The lowest BCUT2D eigenvalue weighted by molar-refractivity contribution is 1.15. The summed E-state index contributed by atoms with van der Waals surface area (Å²) in [5, 5.41) is 4.96. The Bertz CT molecular complexity index is 217. The number of rotatable bonds is 2. The molecule has 1 rings (SSSR count). The van der Waals surface area contributed by atoms with E-state index in [0.29, 0.717) is 0 Å². The van der Waals surface area contributed by atoms with Gasteiger partial charge in [0, 0.05) is 0 Å². The van der Waals surface area contributed by atoms with Crippen molar-refractivity contribution in [2.75, 3.05) is 0 Å². The first-order valence-corrected chi connectivity index (χ1v) is 2.35. The van der Waals surface area contributed by atoms with Gasteiger partial charge in [0.1, 0.15) is 0 Å². The molecule has 1 aromatic rings. The smallest absolute Gasteiger partial charge is 0.215 e. The molecule has 6 heteroatoms. The first-order valence-electron chi connectivity index (χ1n) is 2.35. The molecule has 0 N–H and O–H groups in total. The van der Waals surface area contributed by atoms with Crippen LogP contribution < -0.4 is 0 Å². The second-order valence-corrected chi connectivity index (χ2v) is 1.42. The van der Waals surface area contributed by atoms with Crippen LogP contribution in [0.4, 0.5) is 11.6 Å². The fraction of sp³-hybridized carbons (Fsp3) is 0. The van der Waals surface area contributed by atoms with Gasteiger partial charge in [-0.2, -0.15) is 0 Å². The molecule has 50 valence electrons. The quantitative estimate of drug-likeness (QED) is 0.576. The third-order valence-corrected chi connectivity index (χ3v) is 0.812. The molecule has 6 nitrogen and oxygen atoms in total. The van der Waals surface area contributed by atoms with Crippen LogP contribution in [0.1, 0.15) is 0 Å². The minimum Gasteiger partial charge on any atom is -0.229 e. The van der Waals surface area contributed by atoms with E-state index < -0.39 is 0 Å². The molecule has 0 atom stereocenters. The maximum absolute atomic E-state index is 9.74. The number of nitrogens with zero attached hydrogens (tertiary/aromatic N) is 4. The summed E-state index contributed by atoms with van der Waals surface area (Å²) in [6, 6.07) is 0. The molecule has 0 saturated heterocycles. The van der Waals surface area contributed by atoms with E-state index in [9.17, 15) is 9.81 Å². The van der Waals surface area contributed by atoms with E-state index >= 15 is 0 Å². The monoisotopic (exact) mass is 138 g/mol. The minimum atomic E-state index is -0.0626. The van der Waals surface area contributed by atoms with Crippen LogP contribution in [0.25, 0.3) is 0 Å². The number of aromatic nitrogens is 2. The van der Waals surface area contributed by atoms with Crippen LogP contribution in [0, 0.1) is 9.81 Å². The highest BCUT2D eigenvalue weighted by atomic mass is 16.3. The summed E-state index contributed by atoms with van der Waals surface area (Å²) in [6.45, 7) is 0. The van der Waals surface area contributed by atoms with Gasteiger partial charge in [0.05, 0.1) is 12.4 Å². The molecule has 10 heavy (non-hydrogen) atoms. The molecule has 0 unspecified atom stereocenters. The molecular formula is C4H2N4O2. The summed E-state index contributed by atoms with van der Waals surface area (Å²) in [5.41, 5.74) is 0. The normalized spacial score (nSPS) is 8.80. The Balaban J connectivity index is 3.00. The molecule has 1 heterocycles. The molecule has 0 bridgehead atoms. The molecule has 0 saturated carbocycles. The largest absolute Gasteiger partial charge is 0.229 e. The van der Waals surface area contributed by atoms with Gasteiger partial charge in [0.25, 0.3) is 0 Å². The van der Waals surface area contributed by atoms with Crippen LogP contribution >= 0.6 is 0 Å². The van der Waals surface area contributed by atoms with Gasteiger partial charge in [-0.05, 0) is 10.4 Å². The molecule has 0 amide bonds. The summed E-state index contributed by atoms with van der Waals surface area (Å²) in [5.74, 6) is -0.125. The summed E-state index contributed by atoms with van der Waals surface area (Å²) in [6.07, 6.45) is 2.15. The summed E-state index contributed by atoms with van der Waals surface area (Å²) in [7, 11) is 0. The molecule has 0 radical (unpaired) electrons. The predicted molar refractivity (Wildman–Crippen MR) is 32.9 cm³/mol. The highest BCUT2D eigenvalue weighted by Crippen LogP contribution is 2.08. The van der Waals surface area contributed by atoms with Gasteiger partial charge in [0.15, 0.2) is 0 Å². The Morgan fingerprint density at radius 1 is 1.00 bits per heavy atom. The molecule has 0 aliphatic heterocycles. The van der Waals surface area contributed by atoms with Gasteiger partial charge < -0.3 is 0 Å². The number of hydrogen-bond acceptors (Lipinski definition) is 6. The Hall–Kier alpha value is -1.72. The lowest BCUT2D eigenvalue weighted by Crippen LogP contribution is -1.75. The lowest BCUT2D eigenvalue weighted by atomic mass is 10.6. The van der Waals surface area contributed by atoms with Crippen LogP contribution in [0.3, 0.4) is 0 Å². The van der Waals surface area contributed by atoms with Gasteiger partial charge in [-0.3, -0.25) is 0 Å². The van der Waals surface area contributed by atoms with Crippen LogP contribution in [-0.2, 0) is 0 Å². The zero-order chi connectivity index (χ0) is 7.40. The van der Waals surface area contributed by atoms with Gasteiger partial charge in [-0.15, -0.1) is 9.81 Å². The Kier molecular flexibility index (Phi) is 1.74. The van der Waals surface area contributed by atoms with Crippen molar-refractivity contribution in [3.05, 3.63) is 22.2 Å². The average molecular weight is 138 g/mol. The molecule has 1 aromatic heterocycles. The van der Waals surface area contributed by atoms with E-state index in [0.717, 1.165) is 12.4 Å². The van der Waals surface area contributed by atoms with Crippen molar-refractivity contribution in [2.24, 2.45) is 10.4 Å². The summed E-state index contributed by atoms with van der Waals surface area (Å²) in [4.78, 5) is 26.4. The predicted octanol–water partition coefficient (Wildman–Crippen LogP) is 1.27. The Morgan fingerprint density at radius 3 is 1.60 bits per heavy atom. The molecular weight excluding hydrogens is 136 g/mol. The maximum Gasteiger partial charge on any atom is 0.215 e. The zero-order valence-electron chi connectivity index (χ0n) is 4.76. The maximum atomic E-state index is 9.74. The van der Waals surface area contributed by atoms with E-state index in [4.69, 9.17) is 0 Å². The second kappa shape index (κ2) is 2.72. The Morgan fingerprint density at radius 2 is 1.40 bits per heavy atom. The standard InChI is InChI=1S/C4H2N4O2/c9-7-3-1-5-4(8-10)2-6-3/h1-2H. The van der Waals surface area contributed by atoms with Crippen molar-refractivity contribution >= 4 is 11.6 Å². The first-order chi connectivity index (χ1) is 4.86. The van der Waals surface area contributed by atoms with Crippen molar-refractivity contribution in [1.29, 1.82) is 0 Å². The summed E-state index contributed by atoms with van der Waals surface area (Å²) >= 11 is 0. The van der Waals surface area contributed by atoms with Gasteiger partial charge in [-0.25, -0.2) is 9.97 Å². The Labute approximate surface area is 55.3 Å². The van der Waals surface area contributed by atoms with Crippen molar-refractivity contribution in [1.82, 2.24) is 9.97 Å². The van der Waals surface area contributed by atoms with Crippen molar-refractivity contribution in [3.63, 3.8) is 0 Å². The third-order valence-electron chi connectivity index (χ3n) is 0.812. The number of nitroso groups, excluding NO2 is 2. The fourth-order valence-electron chi connectivity index (χ4n) is 0.409. The average Bonchev–Trinajstić information content (AvgIpc) is 2.05. The van der Waals surface area contributed by atoms with Crippen molar-refractivity contribution in [2.45, 2.75) is 0 Å². The van der Waals surface area contributed by atoms with Crippen LogP contribution in [0.5, 0.6) is 0 Å². The van der Waals surface area contributed by atoms with E-state index in [-0.39, 0.29) is 11.6 Å². The molecule has 0 fully saturated rings. The molecule has 0 aliphatic carbocycles. The topological polar surface area (TPSA) is 84.6 Å². The minimum absolute atomic E-state index is 0.0626. The zero-order valence-corrected chi connectivity index (χ0v) is 4.76. The van der Waals surface area contributed by atoms with E-state index in [1.807, 2.05) is 0 Å². The van der Waals surface area contributed by atoms with Gasteiger partial charge >= 0.3 is 0 Å². The molecule has 0 aliphatic rings. The molecule has 0 spiro atoms. The van der Waals surface area contributed by atoms with Crippen molar-refractivity contribution in [3.8, 4) is 0 Å². The highest BCUT2D eigenvalue weighted by Gasteiger charge is 1.94. The van der Waals surface area contributed by atoms with Gasteiger partial charge in [0.2, 0.25) is 11.6 Å². The van der Waals surface area contributed by atoms with E-state index in [2.05, 4.69) is 20.3 Å². The van der Waals surface area contributed by atoms with Crippen molar-refractivity contribution < 1.29 is 0 Å². The highest BCUT2D eigenvalue weighted by molar-refractivity contribution is 5.29. The van der Waals surface area contributed by atoms with E-state index in [1.54, 1.807) is 0 Å². The number of hydrogen-bond donors (Lipinski definition) is 0. The first kappa shape index (κ1) is 6.40. The molecule has 0 aromatic carbocycles.